The van der Waals surface area contributed by atoms with Crippen LogP contribution in [0, 0.1) is 13.8 Å². The topological polar surface area (TPSA) is 53.6 Å². The Bertz CT molecular complexity index is 574. The van der Waals surface area contributed by atoms with Crippen LogP contribution in [-0.4, -0.2) is 21.5 Å². The minimum atomic E-state index is 0.813. The Morgan fingerprint density at radius 3 is 2.36 bits per heavy atom. The molecule has 0 fully saturated rings. The summed E-state index contributed by atoms with van der Waals surface area (Å²) in [6.07, 6.45) is 10.8. The fourth-order valence-electron chi connectivity index (χ4n) is 2.85. The van der Waals surface area contributed by atoms with Crippen LogP contribution in [0.4, 0.5) is 5.82 Å². The fraction of sp³-hybridized carbons (Fsp3) is 0.667. The van der Waals surface area contributed by atoms with Gasteiger partial charge in [-0.25, -0.2) is 9.97 Å². The minimum Gasteiger partial charge on any atom is -0.369 e. The predicted octanol–water partition coefficient (Wildman–Crippen LogP) is 5.13. The first-order valence-electron chi connectivity index (χ1n) is 8.78. The number of hydrogen-bond donors (Lipinski definition) is 2. The van der Waals surface area contributed by atoms with Crippen LogP contribution >= 0.6 is 0 Å². The Morgan fingerprint density at radius 1 is 0.955 bits per heavy atom. The number of aromatic nitrogens is 3. The highest BCUT2D eigenvalue weighted by Crippen LogP contribution is 2.21. The van der Waals surface area contributed by atoms with E-state index in [9.17, 15) is 0 Å². The van der Waals surface area contributed by atoms with Crippen molar-refractivity contribution in [3.63, 3.8) is 0 Å². The van der Waals surface area contributed by atoms with Crippen molar-refractivity contribution < 1.29 is 0 Å². The maximum absolute atomic E-state index is 4.54. The number of hydrogen-bond acceptors (Lipinski definition) is 3. The molecule has 2 heterocycles. The Morgan fingerprint density at radius 2 is 1.64 bits per heavy atom. The lowest BCUT2D eigenvalue weighted by Crippen LogP contribution is -2.05. The Kier molecular flexibility index (Phi) is 6.69. The summed E-state index contributed by atoms with van der Waals surface area (Å²) in [6, 6.07) is 2.12. The van der Waals surface area contributed by atoms with Crippen molar-refractivity contribution in [1.29, 1.82) is 0 Å². The SMILES string of the molecule is CCCCCCCCCCNc1nc(C)nc2[nH]c(C)cc12. The second kappa shape index (κ2) is 8.76. The van der Waals surface area contributed by atoms with Gasteiger partial charge in [0, 0.05) is 12.2 Å². The standard InChI is InChI=1S/C18H30N4/c1-4-5-6-7-8-9-10-11-12-19-17-16-13-14(2)20-18(16)22-15(3)21-17/h13H,4-12H2,1-3H3,(H2,19,20,21,22). The van der Waals surface area contributed by atoms with Crippen LogP contribution in [-0.2, 0) is 0 Å². The molecular formula is C18H30N4. The van der Waals surface area contributed by atoms with Crippen molar-refractivity contribution in [3.8, 4) is 0 Å². The zero-order valence-corrected chi connectivity index (χ0v) is 14.3. The molecule has 0 radical (unpaired) electrons. The molecule has 0 aliphatic heterocycles. The maximum atomic E-state index is 4.54. The number of aryl methyl sites for hydroxylation is 2. The molecule has 0 aliphatic carbocycles. The van der Waals surface area contributed by atoms with Crippen molar-refractivity contribution in [2.75, 3.05) is 11.9 Å². The van der Waals surface area contributed by atoms with E-state index in [4.69, 9.17) is 0 Å². The van der Waals surface area contributed by atoms with E-state index in [1.165, 1.54) is 51.4 Å². The van der Waals surface area contributed by atoms with Gasteiger partial charge in [0.1, 0.15) is 17.3 Å². The summed E-state index contributed by atoms with van der Waals surface area (Å²) in [4.78, 5) is 12.3. The molecule has 2 rings (SSSR count). The van der Waals surface area contributed by atoms with Gasteiger partial charge in [-0.1, -0.05) is 51.9 Å². The second-order valence-electron chi connectivity index (χ2n) is 6.24. The zero-order chi connectivity index (χ0) is 15.8. The van der Waals surface area contributed by atoms with Gasteiger partial charge in [0.05, 0.1) is 5.39 Å². The average Bonchev–Trinajstić information content (AvgIpc) is 2.85. The lowest BCUT2D eigenvalue weighted by molar-refractivity contribution is 0.581. The highest BCUT2D eigenvalue weighted by molar-refractivity contribution is 5.87. The lowest BCUT2D eigenvalue weighted by Gasteiger charge is -2.07. The number of nitrogens with one attached hydrogen (secondary N) is 2. The van der Waals surface area contributed by atoms with Crippen LogP contribution < -0.4 is 5.32 Å². The monoisotopic (exact) mass is 302 g/mol. The van der Waals surface area contributed by atoms with Crippen LogP contribution in [0.1, 0.15) is 69.8 Å². The molecule has 2 N–H and O–H groups in total. The summed E-state index contributed by atoms with van der Waals surface area (Å²) in [7, 11) is 0. The molecular weight excluding hydrogens is 272 g/mol. The first-order chi connectivity index (χ1) is 10.7. The zero-order valence-electron chi connectivity index (χ0n) is 14.3. The summed E-state index contributed by atoms with van der Waals surface area (Å²) in [5.41, 5.74) is 2.06. The molecule has 2 aromatic rings. The quantitative estimate of drug-likeness (QED) is 0.598. The summed E-state index contributed by atoms with van der Waals surface area (Å²) < 4.78 is 0. The number of anilines is 1. The maximum Gasteiger partial charge on any atom is 0.143 e. The third-order valence-corrected chi connectivity index (χ3v) is 4.06. The lowest BCUT2D eigenvalue weighted by atomic mass is 10.1. The number of unbranched alkanes of at least 4 members (excludes halogenated alkanes) is 7. The molecule has 0 unspecified atom stereocenters. The highest BCUT2D eigenvalue weighted by Gasteiger charge is 2.07. The number of rotatable bonds is 10. The molecule has 0 atom stereocenters. The van der Waals surface area contributed by atoms with Gasteiger partial charge in [-0.15, -0.1) is 0 Å². The van der Waals surface area contributed by atoms with Gasteiger partial charge in [0.15, 0.2) is 0 Å². The van der Waals surface area contributed by atoms with Crippen LogP contribution in [0.2, 0.25) is 0 Å². The van der Waals surface area contributed by atoms with Gasteiger partial charge >= 0.3 is 0 Å². The molecule has 0 saturated carbocycles. The third kappa shape index (κ3) is 5.00. The molecule has 0 saturated heterocycles. The third-order valence-electron chi connectivity index (χ3n) is 4.06. The normalized spacial score (nSPS) is 11.2. The van der Waals surface area contributed by atoms with E-state index >= 15 is 0 Å². The van der Waals surface area contributed by atoms with Gasteiger partial charge < -0.3 is 10.3 Å². The van der Waals surface area contributed by atoms with Gasteiger partial charge in [0.2, 0.25) is 0 Å². The number of nitrogens with zero attached hydrogens (tertiary/aromatic N) is 2. The Hall–Kier alpha value is -1.58. The molecule has 2 aromatic heterocycles. The van der Waals surface area contributed by atoms with Gasteiger partial charge in [-0.05, 0) is 26.3 Å². The van der Waals surface area contributed by atoms with E-state index in [1.807, 2.05) is 6.92 Å². The minimum absolute atomic E-state index is 0.813. The fourth-order valence-corrected chi connectivity index (χ4v) is 2.85. The van der Waals surface area contributed by atoms with E-state index in [0.717, 1.165) is 34.9 Å². The largest absolute Gasteiger partial charge is 0.369 e. The van der Waals surface area contributed by atoms with Crippen LogP contribution in [0.25, 0.3) is 11.0 Å². The van der Waals surface area contributed by atoms with Crippen LogP contribution in [0.15, 0.2) is 6.07 Å². The summed E-state index contributed by atoms with van der Waals surface area (Å²) in [5, 5.41) is 4.58. The van der Waals surface area contributed by atoms with Crippen LogP contribution in [0.3, 0.4) is 0 Å². The number of aromatic amines is 1. The smallest absolute Gasteiger partial charge is 0.143 e. The summed E-state index contributed by atoms with van der Waals surface area (Å²) >= 11 is 0. The first-order valence-corrected chi connectivity index (χ1v) is 8.78. The van der Waals surface area contributed by atoms with E-state index in [1.54, 1.807) is 0 Å². The van der Waals surface area contributed by atoms with Gasteiger partial charge in [-0.2, -0.15) is 0 Å². The summed E-state index contributed by atoms with van der Waals surface area (Å²) in [6.45, 7) is 7.25. The van der Waals surface area contributed by atoms with Gasteiger partial charge in [0.25, 0.3) is 0 Å². The van der Waals surface area contributed by atoms with E-state index in [2.05, 4.69) is 40.2 Å². The van der Waals surface area contributed by atoms with E-state index in [0.29, 0.717) is 0 Å². The number of H-pyrrole nitrogens is 1. The predicted molar refractivity (Wildman–Crippen MR) is 94.5 cm³/mol. The first kappa shape index (κ1) is 16.8. The van der Waals surface area contributed by atoms with Crippen molar-refractivity contribution >= 4 is 16.9 Å². The molecule has 0 amide bonds. The molecule has 122 valence electrons. The highest BCUT2D eigenvalue weighted by atomic mass is 15.0. The molecule has 22 heavy (non-hydrogen) atoms. The Labute approximate surface area is 134 Å². The molecule has 0 aliphatic rings. The Balaban J connectivity index is 1.71. The summed E-state index contributed by atoms with van der Waals surface area (Å²) in [5.74, 6) is 1.78. The second-order valence-corrected chi connectivity index (χ2v) is 6.24. The van der Waals surface area contributed by atoms with Crippen molar-refractivity contribution in [2.45, 2.75) is 72.1 Å². The molecule has 0 aromatic carbocycles. The van der Waals surface area contributed by atoms with E-state index < -0.39 is 0 Å². The van der Waals surface area contributed by atoms with Crippen molar-refractivity contribution in [1.82, 2.24) is 15.0 Å². The van der Waals surface area contributed by atoms with Crippen molar-refractivity contribution in [3.05, 3.63) is 17.6 Å². The van der Waals surface area contributed by atoms with Crippen LogP contribution in [0.5, 0.6) is 0 Å². The van der Waals surface area contributed by atoms with E-state index in [-0.39, 0.29) is 0 Å². The molecule has 4 heteroatoms. The molecule has 0 spiro atoms. The van der Waals surface area contributed by atoms with Crippen molar-refractivity contribution in [2.24, 2.45) is 0 Å². The molecule has 4 nitrogen and oxygen atoms in total. The molecule has 0 bridgehead atoms. The average molecular weight is 302 g/mol. The van der Waals surface area contributed by atoms with Gasteiger partial charge in [-0.3, -0.25) is 0 Å². The number of fused-ring (bicyclic) bond motifs is 1.